The van der Waals surface area contributed by atoms with Gasteiger partial charge in [-0.3, -0.25) is 4.99 Å². The summed E-state index contributed by atoms with van der Waals surface area (Å²) in [6, 6.07) is 6.01. The minimum atomic E-state index is 0. The van der Waals surface area contributed by atoms with Crippen LogP contribution in [-0.4, -0.2) is 33.9 Å². The highest BCUT2D eigenvalue weighted by molar-refractivity contribution is 14.0. The summed E-state index contributed by atoms with van der Waals surface area (Å²) in [5, 5.41) is 7.70. The van der Waals surface area contributed by atoms with Gasteiger partial charge in [0.15, 0.2) is 5.96 Å². The Bertz CT molecular complexity index is 792. The highest BCUT2D eigenvalue weighted by Crippen LogP contribution is 2.12. The number of pyridine rings is 1. The van der Waals surface area contributed by atoms with E-state index in [0.29, 0.717) is 6.54 Å². The normalized spacial score (nSPS) is 11.4. The van der Waals surface area contributed by atoms with Gasteiger partial charge in [0, 0.05) is 43.5 Å². The van der Waals surface area contributed by atoms with Crippen molar-refractivity contribution in [3.05, 3.63) is 52.4 Å². The van der Waals surface area contributed by atoms with E-state index in [2.05, 4.69) is 38.7 Å². The molecule has 0 fully saturated rings. The Morgan fingerprint density at radius 2 is 2.20 bits per heavy atom. The first-order valence-corrected chi connectivity index (χ1v) is 8.91. The number of aliphatic imine (C=N–C) groups is 1. The van der Waals surface area contributed by atoms with Crippen molar-refractivity contribution >= 4 is 46.9 Å². The molecule has 2 N–H and O–H groups in total. The molecule has 0 spiro atoms. The van der Waals surface area contributed by atoms with E-state index >= 15 is 0 Å². The summed E-state index contributed by atoms with van der Waals surface area (Å²) in [6.07, 6.45) is 7.90. The second kappa shape index (κ2) is 9.71. The van der Waals surface area contributed by atoms with Crippen molar-refractivity contribution in [3.63, 3.8) is 0 Å². The number of guanidine groups is 1. The second-order valence-electron chi connectivity index (χ2n) is 5.37. The molecule has 0 aliphatic heterocycles. The van der Waals surface area contributed by atoms with Crippen molar-refractivity contribution in [2.24, 2.45) is 4.99 Å². The van der Waals surface area contributed by atoms with Crippen LogP contribution in [0.3, 0.4) is 0 Å². The largest absolute Gasteiger partial charge is 0.356 e. The number of hydrogen-bond donors (Lipinski definition) is 2. The Morgan fingerprint density at radius 3 is 2.92 bits per heavy atom. The number of nitrogens with one attached hydrogen (secondary N) is 2. The van der Waals surface area contributed by atoms with Gasteiger partial charge in [0.05, 0.1) is 12.2 Å². The zero-order valence-corrected chi connectivity index (χ0v) is 17.5. The maximum absolute atomic E-state index is 4.60. The highest BCUT2D eigenvalue weighted by Gasteiger charge is 2.04. The van der Waals surface area contributed by atoms with E-state index in [1.54, 1.807) is 18.4 Å². The third-order valence-electron chi connectivity index (χ3n) is 3.67. The maximum Gasteiger partial charge on any atom is 0.191 e. The lowest BCUT2D eigenvalue weighted by atomic mass is 10.3. The Kier molecular flexibility index (Phi) is 7.63. The molecular weight excluding hydrogens is 447 g/mol. The first kappa shape index (κ1) is 19.6. The second-order valence-corrected chi connectivity index (χ2v) is 6.57. The summed E-state index contributed by atoms with van der Waals surface area (Å²) in [7, 11) is 1.78. The van der Waals surface area contributed by atoms with Gasteiger partial charge >= 0.3 is 0 Å². The summed E-state index contributed by atoms with van der Waals surface area (Å²) in [5.41, 5.74) is 2.04. The Labute approximate surface area is 168 Å². The smallest absolute Gasteiger partial charge is 0.191 e. The van der Waals surface area contributed by atoms with Gasteiger partial charge in [-0.05, 0) is 18.6 Å². The molecule has 3 heterocycles. The summed E-state index contributed by atoms with van der Waals surface area (Å²) in [6.45, 7) is 3.62. The molecule has 0 aromatic carbocycles. The molecule has 0 unspecified atom stereocenters. The molecule has 25 heavy (non-hydrogen) atoms. The molecular formula is C17H23IN6S. The van der Waals surface area contributed by atoms with Crippen LogP contribution < -0.4 is 10.6 Å². The molecule has 0 saturated carbocycles. The van der Waals surface area contributed by atoms with Gasteiger partial charge in [0.2, 0.25) is 0 Å². The fourth-order valence-corrected chi connectivity index (χ4v) is 3.19. The average molecular weight is 470 g/mol. The van der Waals surface area contributed by atoms with Gasteiger partial charge in [0.1, 0.15) is 10.7 Å². The fourth-order valence-electron chi connectivity index (χ4n) is 2.39. The van der Waals surface area contributed by atoms with E-state index in [0.717, 1.165) is 41.7 Å². The molecule has 3 aromatic heterocycles. The molecule has 0 atom stereocenters. The number of halogens is 1. The zero-order chi connectivity index (χ0) is 16.8. The van der Waals surface area contributed by atoms with Crippen molar-refractivity contribution in [3.8, 4) is 0 Å². The minimum Gasteiger partial charge on any atom is -0.356 e. The Morgan fingerprint density at radius 1 is 1.32 bits per heavy atom. The van der Waals surface area contributed by atoms with Gasteiger partial charge in [0.25, 0.3) is 0 Å². The van der Waals surface area contributed by atoms with E-state index < -0.39 is 0 Å². The molecule has 0 aliphatic carbocycles. The van der Waals surface area contributed by atoms with E-state index in [-0.39, 0.29) is 24.0 Å². The molecule has 3 rings (SSSR count). The van der Waals surface area contributed by atoms with Crippen LogP contribution in [0.25, 0.3) is 5.65 Å². The SMILES string of the molecule is CCc1cnc(CNC(=NC)NCCc2cn3ccccc3n2)s1.I. The van der Waals surface area contributed by atoms with Crippen molar-refractivity contribution in [2.45, 2.75) is 26.3 Å². The quantitative estimate of drug-likeness (QED) is 0.331. The van der Waals surface area contributed by atoms with Crippen LogP contribution in [-0.2, 0) is 19.4 Å². The third kappa shape index (κ3) is 5.40. The molecule has 8 heteroatoms. The molecule has 6 nitrogen and oxygen atoms in total. The van der Waals surface area contributed by atoms with Gasteiger partial charge in [-0.25, -0.2) is 9.97 Å². The monoisotopic (exact) mass is 470 g/mol. The van der Waals surface area contributed by atoms with Crippen molar-refractivity contribution in [1.82, 2.24) is 25.0 Å². The Balaban J connectivity index is 0.00000225. The molecule has 134 valence electrons. The topological polar surface area (TPSA) is 66.6 Å². The van der Waals surface area contributed by atoms with Gasteiger partial charge in [-0.1, -0.05) is 13.0 Å². The van der Waals surface area contributed by atoms with Crippen molar-refractivity contribution in [1.29, 1.82) is 0 Å². The van der Waals surface area contributed by atoms with E-state index in [9.17, 15) is 0 Å². The lowest BCUT2D eigenvalue weighted by Gasteiger charge is -2.10. The first-order chi connectivity index (χ1) is 11.8. The van der Waals surface area contributed by atoms with Gasteiger partial charge in [-0.15, -0.1) is 35.3 Å². The summed E-state index contributed by atoms with van der Waals surface area (Å²) >= 11 is 1.74. The molecule has 0 bridgehead atoms. The fraction of sp³-hybridized carbons (Fsp3) is 0.353. The van der Waals surface area contributed by atoms with Crippen LogP contribution in [0, 0.1) is 0 Å². The van der Waals surface area contributed by atoms with Crippen LogP contribution in [0.15, 0.2) is 41.8 Å². The predicted molar refractivity (Wildman–Crippen MR) is 114 cm³/mol. The van der Waals surface area contributed by atoms with E-state index in [1.165, 1.54) is 4.88 Å². The lowest BCUT2D eigenvalue weighted by molar-refractivity contribution is 0.784. The summed E-state index contributed by atoms with van der Waals surface area (Å²) in [4.78, 5) is 14.6. The zero-order valence-electron chi connectivity index (χ0n) is 14.4. The number of hydrogen-bond acceptors (Lipinski definition) is 4. The van der Waals surface area contributed by atoms with E-state index in [1.807, 2.05) is 35.0 Å². The standard InChI is InChI=1S/C17H22N6S.HI/c1-3-14-10-20-16(24-14)11-21-17(18-2)19-8-7-13-12-23-9-5-4-6-15(23)22-13;/h4-6,9-10,12H,3,7-8,11H2,1-2H3,(H2,18,19,21);1H. The number of nitrogens with zero attached hydrogens (tertiary/aromatic N) is 4. The van der Waals surface area contributed by atoms with Crippen molar-refractivity contribution in [2.75, 3.05) is 13.6 Å². The highest BCUT2D eigenvalue weighted by atomic mass is 127. The molecule has 0 radical (unpaired) electrons. The average Bonchev–Trinajstić information content (AvgIpc) is 3.23. The molecule has 0 amide bonds. The number of rotatable bonds is 6. The molecule has 0 saturated heterocycles. The Hall–Kier alpha value is -1.68. The lowest BCUT2D eigenvalue weighted by Crippen LogP contribution is -2.37. The van der Waals surface area contributed by atoms with Gasteiger partial charge in [-0.2, -0.15) is 0 Å². The number of fused-ring (bicyclic) bond motifs is 1. The minimum absolute atomic E-state index is 0. The maximum atomic E-state index is 4.60. The van der Waals surface area contributed by atoms with Crippen LogP contribution in [0.5, 0.6) is 0 Å². The van der Waals surface area contributed by atoms with Crippen LogP contribution >= 0.6 is 35.3 Å². The predicted octanol–water partition coefficient (Wildman–Crippen LogP) is 2.88. The number of imidazole rings is 1. The van der Waals surface area contributed by atoms with Crippen LogP contribution in [0.4, 0.5) is 0 Å². The summed E-state index contributed by atoms with van der Waals surface area (Å²) < 4.78 is 2.04. The van der Waals surface area contributed by atoms with Crippen LogP contribution in [0.1, 0.15) is 22.5 Å². The van der Waals surface area contributed by atoms with Crippen molar-refractivity contribution < 1.29 is 0 Å². The van der Waals surface area contributed by atoms with E-state index in [4.69, 9.17) is 0 Å². The number of thiazole rings is 1. The van der Waals surface area contributed by atoms with Gasteiger partial charge < -0.3 is 15.0 Å². The first-order valence-electron chi connectivity index (χ1n) is 8.09. The third-order valence-corrected chi connectivity index (χ3v) is 4.81. The number of aryl methyl sites for hydroxylation is 1. The number of aromatic nitrogens is 3. The summed E-state index contributed by atoms with van der Waals surface area (Å²) in [5.74, 6) is 0.784. The molecule has 3 aromatic rings. The van der Waals surface area contributed by atoms with Crippen LogP contribution in [0.2, 0.25) is 0 Å². The molecule has 0 aliphatic rings.